The number of hydrogen-bond acceptors (Lipinski definition) is 8. The zero-order valence-electron chi connectivity index (χ0n) is 11.0. The van der Waals surface area contributed by atoms with Gasteiger partial charge in [0.15, 0.2) is 6.10 Å². The van der Waals surface area contributed by atoms with Crippen molar-refractivity contribution in [2.45, 2.75) is 12.3 Å². The third kappa shape index (κ3) is 4.29. The first kappa shape index (κ1) is 15.5. The maximum Gasteiger partial charge on any atom is 0.416 e. The molecule has 8 nitrogen and oxygen atoms in total. The van der Waals surface area contributed by atoms with Gasteiger partial charge in [-0.2, -0.15) is 28.1 Å². The highest BCUT2D eigenvalue weighted by atomic mass is 19.4. The Morgan fingerprint density at radius 2 is 1.95 bits per heavy atom. The van der Waals surface area contributed by atoms with Gasteiger partial charge < -0.3 is 25.8 Å². The molecule has 21 heavy (non-hydrogen) atoms. The Morgan fingerprint density at radius 3 is 2.57 bits per heavy atom. The molecule has 1 fully saturated rings. The van der Waals surface area contributed by atoms with E-state index in [1.807, 2.05) is 0 Å². The van der Waals surface area contributed by atoms with Crippen LogP contribution in [0.1, 0.15) is 0 Å². The van der Waals surface area contributed by atoms with Crippen molar-refractivity contribution in [2.75, 3.05) is 48.8 Å². The standard InChI is InChI=1S/C10H15F3N6O2/c11-10(12,13)6(20)5-15-8-16-7(14)17-9(18-8)19-1-3-21-4-2-19/h6,20H,1-5H2,(H3,14,15,16,17,18). The first-order chi connectivity index (χ1) is 9.86. The lowest BCUT2D eigenvalue weighted by atomic mass is 10.3. The van der Waals surface area contributed by atoms with E-state index in [2.05, 4.69) is 20.3 Å². The van der Waals surface area contributed by atoms with Crippen molar-refractivity contribution in [2.24, 2.45) is 0 Å². The second kappa shape index (κ2) is 6.26. The zero-order chi connectivity index (χ0) is 15.5. The van der Waals surface area contributed by atoms with Crippen molar-refractivity contribution in [3.05, 3.63) is 0 Å². The van der Waals surface area contributed by atoms with Gasteiger partial charge in [-0.05, 0) is 0 Å². The molecule has 0 spiro atoms. The number of ether oxygens (including phenoxy) is 1. The summed E-state index contributed by atoms with van der Waals surface area (Å²) in [7, 11) is 0. The molecule has 0 aromatic carbocycles. The van der Waals surface area contributed by atoms with Crippen LogP contribution in [0.3, 0.4) is 0 Å². The van der Waals surface area contributed by atoms with Gasteiger partial charge >= 0.3 is 6.18 Å². The van der Waals surface area contributed by atoms with E-state index < -0.39 is 18.8 Å². The Balaban J connectivity index is 2.04. The largest absolute Gasteiger partial charge is 0.416 e. The first-order valence-corrected chi connectivity index (χ1v) is 6.19. The van der Waals surface area contributed by atoms with Crippen molar-refractivity contribution in [3.8, 4) is 0 Å². The van der Waals surface area contributed by atoms with Crippen LogP contribution >= 0.6 is 0 Å². The number of aromatic nitrogens is 3. The van der Waals surface area contributed by atoms with Gasteiger partial charge in [-0.25, -0.2) is 0 Å². The van der Waals surface area contributed by atoms with E-state index >= 15 is 0 Å². The van der Waals surface area contributed by atoms with Gasteiger partial charge in [-0.1, -0.05) is 0 Å². The molecule has 0 saturated carbocycles. The second-order valence-electron chi connectivity index (χ2n) is 4.35. The predicted molar refractivity (Wildman–Crippen MR) is 67.8 cm³/mol. The molecule has 0 aliphatic carbocycles. The Hall–Kier alpha value is -1.88. The fourth-order valence-electron chi connectivity index (χ4n) is 1.67. The van der Waals surface area contributed by atoms with Gasteiger partial charge in [0.05, 0.1) is 19.8 Å². The molecule has 1 aromatic heterocycles. The molecular weight excluding hydrogens is 293 g/mol. The lowest BCUT2D eigenvalue weighted by molar-refractivity contribution is -0.198. The summed E-state index contributed by atoms with van der Waals surface area (Å²) in [6, 6.07) is 0. The fourth-order valence-corrected chi connectivity index (χ4v) is 1.67. The third-order valence-electron chi connectivity index (χ3n) is 2.77. The summed E-state index contributed by atoms with van der Waals surface area (Å²) in [4.78, 5) is 13.4. The molecule has 0 radical (unpaired) electrons. The van der Waals surface area contributed by atoms with Crippen molar-refractivity contribution in [1.82, 2.24) is 15.0 Å². The summed E-state index contributed by atoms with van der Waals surface area (Å²) >= 11 is 0. The number of nitrogens with two attached hydrogens (primary N) is 1. The highest BCUT2D eigenvalue weighted by Gasteiger charge is 2.38. The SMILES string of the molecule is Nc1nc(NCC(O)C(F)(F)F)nc(N2CCOCC2)n1. The number of aliphatic hydroxyl groups excluding tert-OH is 1. The average Bonchev–Trinajstić information content (AvgIpc) is 2.44. The Morgan fingerprint density at radius 1 is 1.29 bits per heavy atom. The maximum atomic E-state index is 12.2. The van der Waals surface area contributed by atoms with Gasteiger partial charge in [0.25, 0.3) is 0 Å². The zero-order valence-corrected chi connectivity index (χ0v) is 11.0. The average molecular weight is 308 g/mol. The molecule has 2 rings (SSSR count). The monoisotopic (exact) mass is 308 g/mol. The number of rotatable bonds is 4. The summed E-state index contributed by atoms with van der Waals surface area (Å²) in [5.41, 5.74) is 5.51. The molecule has 11 heteroatoms. The summed E-state index contributed by atoms with van der Waals surface area (Å²) in [6.45, 7) is 1.33. The molecule has 1 unspecified atom stereocenters. The number of alkyl halides is 3. The summed E-state index contributed by atoms with van der Waals surface area (Å²) < 4.78 is 41.8. The van der Waals surface area contributed by atoms with Crippen LogP contribution in [0.25, 0.3) is 0 Å². The van der Waals surface area contributed by atoms with Gasteiger partial charge in [0.1, 0.15) is 0 Å². The minimum atomic E-state index is -4.71. The van der Waals surface area contributed by atoms with E-state index in [1.165, 1.54) is 0 Å². The molecule has 1 aliphatic heterocycles. The van der Waals surface area contributed by atoms with Gasteiger partial charge in [-0.15, -0.1) is 0 Å². The van der Waals surface area contributed by atoms with E-state index in [0.717, 1.165) is 0 Å². The van der Waals surface area contributed by atoms with Gasteiger partial charge in [-0.3, -0.25) is 0 Å². The van der Waals surface area contributed by atoms with Crippen LogP contribution in [0.4, 0.5) is 31.0 Å². The van der Waals surface area contributed by atoms with E-state index in [1.54, 1.807) is 4.90 Å². The van der Waals surface area contributed by atoms with Gasteiger partial charge in [0, 0.05) is 13.1 Å². The quantitative estimate of drug-likeness (QED) is 0.691. The maximum absolute atomic E-state index is 12.2. The number of morpholine rings is 1. The van der Waals surface area contributed by atoms with Crippen LogP contribution in [-0.2, 0) is 4.74 Å². The van der Waals surface area contributed by atoms with Crippen LogP contribution in [0.2, 0.25) is 0 Å². The van der Waals surface area contributed by atoms with E-state index in [4.69, 9.17) is 15.6 Å². The van der Waals surface area contributed by atoms with Gasteiger partial charge in [0.2, 0.25) is 17.8 Å². The predicted octanol–water partition coefficient (Wildman–Crippen LogP) is -0.375. The number of nitrogen functional groups attached to an aromatic ring is 1. The number of halogens is 3. The van der Waals surface area contributed by atoms with Crippen LogP contribution in [0.5, 0.6) is 0 Å². The summed E-state index contributed by atoms with van der Waals surface area (Å²) in [6.07, 6.45) is -7.22. The molecule has 118 valence electrons. The van der Waals surface area contributed by atoms with Crippen molar-refractivity contribution in [3.63, 3.8) is 0 Å². The highest BCUT2D eigenvalue weighted by Crippen LogP contribution is 2.20. The van der Waals surface area contributed by atoms with Crippen molar-refractivity contribution in [1.29, 1.82) is 0 Å². The van der Waals surface area contributed by atoms with E-state index in [-0.39, 0.29) is 17.8 Å². The Labute approximate surface area is 118 Å². The van der Waals surface area contributed by atoms with E-state index in [9.17, 15) is 13.2 Å². The molecule has 1 atom stereocenters. The van der Waals surface area contributed by atoms with Crippen LogP contribution in [0.15, 0.2) is 0 Å². The Bertz CT molecular complexity index is 480. The molecule has 1 aliphatic rings. The van der Waals surface area contributed by atoms with Crippen LogP contribution < -0.4 is 16.0 Å². The number of hydrogen-bond donors (Lipinski definition) is 3. The smallest absolute Gasteiger partial charge is 0.382 e. The summed E-state index contributed by atoms with van der Waals surface area (Å²) in [5, 5.41) is 11.2. The molecule has 2 heterocycles. The minimum absolute atomic E-state index is 0.115. The minimum Gasteiger partial charge on any atom is -0.382 e. The first-order valence-electron chi connectivity index (χ1n) is 6.19. The number of aliphatic hydroxyl groups is 1. The second-order valence-corrected chi connectivity index (χ2v) is 4.35. The number of nitrogens with zero attached hydrogens (tertiary/aromatic N) is 4. The van der Waals surface area contributed by atoms with Crippen LogP contribution in [-0.4, -0.2) is 65.2 Å². The normalized spacial score (nSPS) is 17.6. The lowest BCUT2D eigenvalue weighted by Crippen LogP contribution is -2.38. The Kier molecular flexibility index (Phi) is 4.63. The topological polar surface area (TPSA) is 109 Å². The lowest BCUT2D eigenvalue weighted by Gasteiger charge is -2.26. The third-order valence-corrected chi connectivity index (χ3v) is 2.77. The van der Waals surface area contributed by atoms with E-state index in [0.29, 0.717) is 26.3 Å². The molecular formula is C10H15F3N6O2. The molecule has 1 aromatic rings. The molecule has 4 N–H and O–H groups in total. The van der Waals surface area contributed by atoms with Crippen molar-refractivity contribution >= 4 is 17.8 Å². The molecule has 1 saturated heterocycles. The summed E-state index contributed by atoms with van der Waals surface area (Å²) in [5.74, 6) is 0.0255. The molecule has 0 amide bonds. The number of nitrogens with one attached hydrogen (secondary N) is 1. The van der Waals surface area contributed by atoms with Crippen LogP contribution in [0, 0.1) is 0 Å². The fraction of sp³-hybridized carbons (Fsp3) is 0.700. The highest BCUT2D eigenvalue weighted by molar-refractivity contribution is 5.42. The van der Waals surface area contributed by atoms with Crippen molar-refractivity contribution < 1.29 is 23.0 Å². The number of anilines is 3. The molecule has 0 bridgehead atoms.